The van der Waals surface area contributed by atoms with Crippen LogP contribution >= 0.6 is 0 Å². The summed E-state index contributed by atoms with van der Waals surface area (Å²) in [4.78, 5) is 23.3. The predicted octanol–water partition coefficient (Wildman–Crippen LogP) is 3.59. The van der Waals surface area contributed by atoms with Gasteiger partial charge in [0.1, 0.15) is 12.0 Å². The van der Waals surface area contributed by atoms with E-state index in [0.29, 0.717) is 5.76 Å². The smallest absolute Gasteiger partial charge is 0.317 e. The fourth-order valence-corrected chi connectivity index (χ4v) is 1.05. The maximum Gasteiger partial charge on any atom is 0.317 e. The summed E-state index contributed by atoms with van der Waals surface area (Å²) in [5.41, 5.74) is -1.75. The Labute approximate surface area is 115 Å². The van der Waals surface area contributed by atoms with Gasteiger partial charge in [-0.15, -0.1) is 0 Å². The predicted molar refractivity (Wildman–Crippen MR) is 77.3 cm³/mol. The molecule has 0 aromatic carbocycles. The van der Waals surface area contributed by atoms with Gasteiger partial charge in [-0.3, -0.25) is 4.79 Å². The molecule has 0 aliphatic heterocycles. The lowest BCUT2D eigenvalue weighted by atomic mass is 9.69. The van der Waals surface area contributed by atoms with Gasteiger partial charge in [0.05, 0.1) is 5.41 Å². The number of esters is 1. The highest BCUT2D eigenvalue weighted by atomic mass is 16.5. The summed E-state index contributed by atoms with van der Waals surface area (Å²) in [5, 5.41) is 0. The lowest BCUT2D eigenvalue weighted by Crippen LogP contribution is -2.41. The van der Waals surface area contributed by atoms with Crippen molar-refractivity contribution in [2.24, 2.45) is 10.8 Å². The molecule has 0 spiro atoms. The van der Waals surface area contributed by atoms with Gasteiger partial charge in [0.25, 0.3) is 0 Å². The second kappa shape index (κ2) is 6.88. The van der Waals surface area contributed by atoms with Gasteiger partial charge in [-0.2, -0.15) is 0 Å². The molecular formula is C16H22O3. The molecule has 0 radical (unpaired) electrons. The maximum atomic E-state index is 12.2. The highest BCUT2D eigenvalue weighted by Crippen LogP contribution is 2.38. The van der Waals surface area contributed by atoms with E-state index in [0.717, 1.165) is 6.29 Å². The summed E-state index contributed by atoms with van der Waals surface area (Å²) in [5.74, 6) is -0.110. The Morgan fingerprint density at radius 1 is 1.11 bits per heavy atom. The number of hydrogen-bond acceptors (Lipinski definition) is 3. The van der Waals surface area contributed by atoms with Gasteiger partial charge < -0.3 is 9.53 Å². The van der Waals surface area contributed by atoms with E-state index < -0.39 is 16.8 Å². The summed E-state index contributed by atoms with van der Waals surface area (Å²) in [6, 6.07) is 0. The molecule has 0 heterocycles. The first kappa shape index (κ1) is 17.1. The largest absolute Gasteiger partial charge is 0.426 e. The van der Waals surface area contributed by atoms with Crippen LogP contribution in [0.4, 0.5) is 0 Å². The molecule has 0 rings (SSSR count). The first-order valence-corrected chi connectivity index (χ1v) is 6.03. The third-order valence-corrected chi connectivity index (χ3v) is 3.31. The van der Waals surface area contributed by atoms with Crippen molar-refractivity contribution in [2.75, 3.05) is 0 Å². The lowest BCUT2D eigenvalue weighted by Gasteiger charge is -2.34. The average Bonchev–Trinajstić information content (AvgIpc) is 2.35. The van der Waals surface area contributed by atoms with Gasteiger partial charge >= 0.3 is 5.97 Å². The van der Waals surface area contributed by atoms with Crippen LogP contribution in [0.3, 0.4) is 0 Å². The van der Waals surface area contributed by atoms with Gasteiger partial charge in [0, 0.05) is 5.41 Å². The molecule has 0 aliphatic rings. The maximum absolute atomic E-state index is 12.2. The van der Waals surface area contributed by atoms with Crippen LogP contribution < -0.4 is 0 Å². The van der Waals surface area contributed by atoms with E-state index >= 15 is 0 Å². The molecular weight excluding hydrogens is 240 g/mol. The Hall–Kier alpha value is -1.90. The van der Waals surface area contributed by atoms with Crippen molar-refractivity contribution in [1.82, 2.24) is 0 Å². The van der Waals surface area contributed by atoms with E-state index in [-0.39, 0.29) is 0 Å². The van der Waals surface area contributed by atoms with Gasteiger partial charge in [-0.1, -0.05) is 45.2 Å². The SMILES string of the molecule is C=C/C=C\C(=C/C=C)OC(=O)C(C)(C)C(C)(C)C=O. The molecule has 3 nitrogen and oxygen atoms in total. The van der Waals surface area contributed by atoms with Crippen molar-refractivity contribution in [3.63, 3.8) is 0 Å². The lowest BCUT2D eigenvalue weighted by molar-refractivity contribution is -0.157. The molecule has 104 valence electrons. The monoisotopic (exact) mass is 262 g/mol. The van der Waals surface area contributed by atoms with E-state index in [9.17, 15) is 9.59 Å². The van der Waals surface area contributed by atoms with Crippen LogP contribution in [0, 0.1) is 10.8 Å². The number of carbonyl (C=O) groups excluding carboxylic acids is 2. The van der Waals surface area contributed by atoms with Crippen LogP contribution in [0.1, 0.15) is 27.7 Å². The minimum absolute atomic E-state index is 0.356. The molecule has 0 bridgehead atoms. The second-order valence-electron chi connectivity index (χ2n) is 5.25. The van der Waals surface area contributed by atoms with Crippen LogP contribution in [-0.2, 0) is 14.3 Å². The molecule has 0 unspecified atom stereocenters. The number of ether oxygens (including phenoxy) is 1. The zero-order valence-electron chi connectivity index (χ0n) is 12.1. The molecule has 0 amide bonds. The van der Waals surface area contributed by atoms with Gasteiger partial charge in [-0.25, -0.2) is 0 Å². The zero-order valence-corrected chi connectivity index (χ0v) is 12.1. The average molecular weight is 262 g/mol. The Bertz CT molecular complexity index is 423. The molecule has 0 aromatic heterocycles. The van der Waals surface area contributed by atoms with Crippen molar-refractivity contribution < 1.29 is 14.3 Å². The summed E-state index contributed by atoms with van der Waals surface area (Å²) in [6.45, 7) is 13.9. The van der Waals surface area contributed by atoms with Gasteiger partial charge in [0.2, 0.25) is 0 Å². The van der Waals surface area contributed by atoms with Crippen molar-refractivity contribution in [3.8, 4) is 0 Å². The van der Waals surface area contributed by atoms with Crippen molar-refractivity contribution in [1.29, 1.82) is 0 Å². The first-order chi connectivity index (χ1) is 8.72. The van der Waals surface area contributed by atoms with E-state index in [2.05, 4.69) is 13.2 Å². The van der Waals surface area contributed by atoms with E-state index in [1.807, 2.05) is 0 Å². The number of rotatable bonds is 7. The summed E-state index contributed by atoms with van der Waals surface area (Å²) in [6.07, 6.45) is 8.70. The fourth-order valence-electron chi connectivity index (χ4n) is 1.05. The molecule has 19 heavy (non-hydrogen) atoms. The summed E-state index contributed by atoms with van der Waals surface area (Å²) >= 11 is 0. The summed E-state index contributed by atoms with van der Waals surface area (Å²) in [7, 11) is 0. The number of allylic oxidation sites excluding steroid dienone is 5. The summed E-state index contributed by atoms with van der Waals surface area (Å²) < 4.78 is 5.30. The Morgan fingerprint density at radius 2 is 1.68 bits per heavy atom. The third-order valence-electron chi connectivity index (χ3n) is 3.31. The standard InChI is InChI=1S/C16H22O3/c1-7-9-11-13(10-8-2)19-14(18)16(5,6)15(3,4)12-17/h7-12H,1-2H2,3-6H3/b11-9-,13-10+. The van der Waals surface area contributed by atoms with Crippen molar-refractivity contribution in [2.45, 2.75) is 27.7 Å². The van der Waals surface area contributed by atoms with Crippen LogP contribution in [0.15, 0.2) is 49.3 Å². The van der Waals surface area contributed by atoms with E-state index in [1.54, 1.807) is 52.0 Å². The molecule has 0 saturated heterocycles. The molecule has 0 fully saturated rings. The van der Waals surface area contributed by atoms with Gasteiger partial charge in [-0.05, 0) is 26.0 Å². The van der Waals surface area contributed by atoms with Crippen LogP contribution in [0.2, 0.25) is 0 Å². The minimum Gasteiger partial charge on any atom is -0.426 e. The third kappa shape index (κ3) is 4.36. The normalized spacial score (nSPS) is 13.2. The molecule has 0 aliphatic carbocycles. The zero-order chi connectivity index (χ0) is 15.1. The number of hydrogen-bond donors (Lipinski definition) is 0. The van der Waals surface area contributed by atoms with Crippen LogP contribution in [0.25, 0.3) is 0 Å². The Morgan fingerprint density at radius 3 is 2.11 bits per heavy atom. The highest BCUT2D eigenvalue weighted by Gasteiger charge is 2.44. The quantitative estimate of drug-likeness (QED) is 0.305. The highest BCUT2D eigenvalue weighted by molar-refractivity contribution is 5.82. The second-order valence-corrected chi connectivity index (χ2v) is 5.25. The molecule has 0 aromatic rings. The molecule has 0 N–H and O–H groups in total. The Balaban J connectivity index is 5.17. The van der Waals surface area contributed by atoms with Crippen molar-refractivity contribution >= 4 is 12.3 Å². The Kier molecular flexibility index (Phi) is 6.19. The topological polar surface area (TPSA) is 43.4 Å². The minimum atomic E-state index is -0.934. The van der Waals surface area contributed by atoms with Crippen LogP contribution in [-0.4, -0.2) is 12.3 Å². The number of aldehydes is 1. The van der Waals surface area contributed by atoms with Gasteiger partial charge in [0.15, 0.2) is 0 Å². The van der Waals surface area contributed by atoms with Crippen LogP contribution in [0.5, 0.6) is 0 Å². The molecule has 0 saturated carbocycles. The number of carbonyl (C=O) groups is 2. The first-order valence-electron chi connectivity index (χ1n) is 6.03. The fraction of sp³-hybridized carbons (Fsp3) is 0.375. The van der Waals surface area contributed by atoms with Crippen molar-refractivity contribution in [3.05, 3.63) is 49.3 Å². The van der Waals surface area contributed by atoms with E-state index in [1.165, 1.54) is 6.08 Å². The van der Waals surface area contributed by atoms with E-state index in [4.69, 9.17) is 4.74 Å². The molecule has 3 heteroatoms. The molecule has 0 atom stereocenters.